The molecule has 3 N–H and O–H groups in total. The largest absolute Gasteiger partial charge is 0.478 e. The van der Waals surface area contributed by atoms with Crippen LogP contribution in [0.3, 0.4) is 0 Å². The Kier molecular flexibility index (Phi) is 21.1. The molecule has 0 aliphatic carbocycles. The van der Waals surface area contributed by atoms with Gasteiger partial charge in [-0.3, -0.25) is 14.0 Å². The molecule has 3 heterocycles. The molecule has 27 heteroatoms. The van der Waals surface area contributed by atoms with Gasteiger partial charge in [-0.2, -0.15) is 54.8 Å². The standard InChI is InChI=1S/3C20H16ClF3N2O3/c3*1-2-26-9-8-16(25-26)15-11-14(21)6-7-17(15)29-18(19(27)28)12-4-3-5-13(10-12)20(22,23)24/h3*3-11,18H,2H2,1H3,(H,27,28). The molecular formula is C60H48Cl3F9N6O9. The first-order valence-electron chi connectivity index (χ1n) is 25.8. The molecule has 0 fully saturated rings. The lowest BCUT2D eigenvalue weighted by molar-refractivity contribution is -0.146. The number of ether oxygens (including phenoxy) is 3. The maximum absolute atomic E-state index is 13.0. The number of nitrogens with zero attached hydrogens (tertiary/aromatic N) is 6. The number of aliphatic carboxylic acids is 3. The SMILES string of the molecule is CCn1ccc(-c2cc(Cl)ccc2OC(C(=O)O)c2cccc(C(F)(F)F)c2)n1.CCn1ccc(-c2cc(Cl)ccc2OC(C(=O)O)c2cccc(C(F)(F)F)c2)n1.CCn1ccc(-c2cc(Cl)ccc2OC(C(=O)O)c2cccc(C(F)(F)F)c2)n1. The third-order valence-electron chi connectivity index (χ3n) is 12.5. The van der Waals surface area contributed by atoms with Gasteiger partial charge in [0.15, 0.2) is 0 Å². The molecule has 0 saturated heterocycles. The van der Waals surface area contributed by atoms with Crippen molar-refractivity contribution in [2.24, 2.45) is 0 Å². The van der Waals surface area contributed by atoms with Crippen LogP contribution in [0.15, 0.2) is 164 Å². The molecule has 87 heavy (non-hydrogen) atoms. The summed E-state index contributed by atoms with van der Waals surface area (Å²) in [6.07, 6.45) is -13.5. The number of aromatic nitrogens is 6. The Morgan fingerprint density at radius 2 is 0.667 bits per heavy atom. The van der Waals surface area contributed by atoms with Crippen LogP contribution in [0.4, 0.5) is 39.5 Å². The van der Waals surface area contributed by atoms with Crippen LogP contribution in [-0.2, 0) is 52.5 Å². The fourth-order valence-corrected chi connectivity index (χ4v) is 8.77. The van der Waals surface area contributed by atoms with Crippen molar-refractivity contribution < 1.29 is 83.4 Å². The smallest absolute Gasteiger partial charge is 0.416 e. The predicted molar refractivity (Wildman–Crippen MR) is 302 cm³/mol. The number of benzene rings is 6. The summed E-state index contributed by atoms with van der Waals surface area (Å²) in [7, 11) is 0. The summed E-state index contributed by atoms with van der Waals surface area (Å²) in [5.41, 5.74) is -0.470. The molecule has 456 valence electrons. The number of carboxylic acid groups (broad SMARTS) is 3. The van der Waals surface area contributed by atoms with Crippen LogP contribution in [0.2, 0.25) is 15.1 Å². The Morgan fingerprint density at radius 1 is 0.414 bits per heavy atom. The quantitative estimate of drug-likeness (QED) is 0.0690. The summed E-state index contributed by atoms with van der Waals surface area (Å²) < 4.78 is 139. The molecule has 3 atom stereocenters. The van der Waals surface area contributed by atoms with Gasteiger partial charge in [-0.25, -0.2) is 14.4 Å². The normalized spacial score (nSPS) is 12.6. The van der Waals surface area contributed by atoms with E-state index in [1.807, 2.05) is 20.8 Å². The highest BCUT2D eigenvalue weighted by Gasteiger charge is 2.36. The lowest BCUT2D eigenvalue weighted by Crippen LogP contribution is -2.19. The van der Waals surface area contributed by atoms with Gasteiger partial charge in [0.25, 0.3) is 0 Å². The number of rotatable bonds is 18. The minimum absolute atomic E-state index is 0.132. The van der Waals surface area contributed by atoms with Crippen molar-refractivity contribution in [3.63, 3.8) is 0 Å². The number of hydrogen-bond acceptors (Lipinski definition) is 9. The van der Waals surface area contributed by atoms with E-state index in [-0.39, 0.29) is 33.9 Å². The van der Waals surface area contributed by atoms with Crippen LogP contribution in [0.1, 0.15) is 72.5 Å². The maximum Gasteiger partial charge on any atom is 0.416 e. The number of carbonyl (C=O) groups is 3. The van der Waals surface area contributed by atoms with E-state index in [0.717, 1.165) is 54.6 Å². The number of alkyl halides is 9. The van der Waals surface area contributed by atoms with Gasteiger partial charge in [-0.05, 0) is 130 Å². The van der Waals surface area contributed by atoms with Crippen LogP contribution in [-0.4, -0.2) is 62.6 Å². The molecule has 0 aliphatic heterocycles. The van der Waals surface area contributed by atoms with E-state index in [1.165, 1.54) is 54.6 Å². The maximum atomic E-state index is 13.0. The first kappa shape index (κ1) is 65.5. The van der Waals surface area contributed by atoms with Gasteiger partial charge in [0.1, 0.15) is 17.2 Å². The average molecular weight is 1270 g/mol. The van der Waals surface area contributed by atoms with Gasteiger partial charge >= 0.3 is 36.4 Å². The molecule has 6 aromatic carbocycles. The van der Waals surface area contributed by atoms with Crippen LogP contribution in [0, 0.1) is 0 Å². The topological polar surface area (TPSA) is 193 Å². The summed E-state index contributed by atoms with van der Waals surface area (Å²) in [6, 6.07) is 30.9. The first-order valence-corrected chi connectivity index (χ1v) is 26.9. The van der Waals surface area contributed by atoms with E-state index in [0.29, 0.717) is 68.5 Å². The van der Waals surface area contributed by atoms with Crippen LogP contribution >= 0.6 is 34.8 Å². The molecule has 0 aliphatic rings. The second-order valence-corrected chi connectivity index (χ2v) is 19.8. The molecule has 9 aromatic rings. The number of halogens is 12. The van der Waals surface area contributed by atoms with E-state index in [4.69, 9.17) is 49.0 Å². The van der Waals surface area contributed by atoms with E-state index >= 15 is 0 Å². The average Bonchev–Trinajstić information content (AvgIpc) is 2.52. The Balaban J connectivity index is 0.000000186. The molecule has 15 nitrogen and oxygen atoms in total. The van der Waals surface area contributed by atoms with Crippen LogP contribution < -0.4 is 14.2 Å². The van der Waals surface area contributed by atoms with E-state index in [2.05, 4.69) is 15.3 Å². The van der Waals surface area contributed by atoms with Crippen molar-refractivity contribution in [1.29, 1.82) is 0 Å². The van der Waals surface area contributed by atoms with Gasteiger partial charge in [0.2, 0.25) is 18.3 Å². The fourth-order valence-electron chi connectivity index (χ4n) is 8.26. The van der Waals surface area contributed by atoms with Crippen molar-refractivity contribution in [2.75, 3.05) is 0 Å². The van der Waals surface area contributed by atoms with E-state index in [9.17, 15) is 69.2 Å². The minimum atomic E-state index is -4.60. The van der Waals surface area contributed by atoms with Gasteiger partial charge in [-0.1, -0.05) is 71.2 Å². The Labute approximate surface area is 504 Å². The molecule has 0 radical (unpaired) electrons. The highest BCUT2D eigenvalue weighted by Crippen LogP contribution is 2.40. The van der Waals surface area contributed by atoms with Crippen molar-refractivity contribution in [3.8, 4) is 51.0 Å². The zero-order chi connectivity index (χ0) is 63.5. The van der Waals surface area contributed by atoms with Gasteiger partial charge in [0.05, 0.1) is 33.8 Å². The molecule has 9 rings (SSSR count). The monoisotopic (exact) mass is 1270 g/mol. The molecule has 3 unspecified atom stereocenters. The number of aryl methyl sites for hydroxylation is 3. The van der Waals surface area contributed by atoms with Crippen molar-refractivity contribution >= 4 is 52.7 Å². The molecule has 0 spiro atoms. The van der Waals surface area contributed by atoms with Gasteiger partial charge in [0, 0.05) is 86.7 Å². The molecule has 0 amide bonds. The zero-order valence-electron chi connectivity index (χ0n) is 45.5. The molecule has 3 aromatic heterocycles. The second-order valence-electron chi connectivity index (χ2n) is 18.5. The number of hydrogen-bond donors (Lipinski definition) is 3. The third-order valence-corrected chi connectivity index (χ3v) is 13.2. The fraction of sp³-hybridized carbons (Fsp3) is 0.200. The summed E-state index contributed by atoms with van der Waals surface area (Å²) >= 11 is 18.2. The summed E-state index contributed by atoms with van der Waals surface area (Å²) in [5, 5.41) is 43.0. The lowest BCUT2D eigenvalue weighted by atomic mass is 10.0. The summed E-state index contributed by atoms with van der Waals surface area (Å²) in [6.45, 7) is 7.58. The van der Waals surface area contributed by atoms with Crippen molar-refractivity contribution in [3.05, 3.63) is 213 Å². The number of carboxylic acids is 3. The minimum Gasteiger partial charge on any atom is -0.478 e. The molecular weight excluding hydrogens is 1230 g/mol. The first-order chi connectivity index (χ1) is 41.1. The van der Waals surface area contributed by atoms with E-state index in [1.54, 1.807) is 69.0 Å². The molecule has 0 saturated carbocycles. The second kappa shape index (κ2) is 28.0. The summed E-state index contributed by atoms with van der Waals surface area (Å²) in [5.74, 6) is -3.86. The van der Waals surface area contributed by atoms with Gasteiger partial charge in [-0.15, -0.1) is 0 Å². The Bertz CT molecular complexity index is 3490. The van der Waals surface area contributed by atoms with Crippen LogP contribution in [0.5, 0.6) is 17.2 Å². The third kappa shape index (κ3) is 17.1. The summed E-state index contributed by atoms with van der Waals surface area (Å²) in [4.78, 5) is 35.3. The predicted octanol–water partition coefficient (Wildman–Crippen LogP) is 16.3. The van der Waals surface area contributed by atoms with E-state index < -0.39 is 71.4 Å². The zero-order valence-corrected chi connectivity index (χ0v) is 47.7. The van der Waals surface area contributed by atoms with Crippen LogP contribution in [0.25, 0.3) is 33.8 Å². The van der Waals surface area contributed by atoms with Crippen molar-refractivity contribution in [1.82, 2.24) is 29.3 Å². The highest BCUT2D eigenvalue weighted by molar-refractivity contribution is 6.31. The Hall–Kier alpha value is -9.00. The molecule has 0 bridgehead atoms. The highest BCUT2D eigenvalue weighted by atomic mass is 35.5. The Morgan fingerprint density at radius 3 is 0.874 bits per heavy atom. The van der Waals surface area contributed by atoms with Crippen molar-refractivity contribution in [2.45, 2.75) is 77.2 Å². The lowest BCUT2D eigenvalue weighted by Gasteiger charge is -2.19. The van der Waals surface area contributed by atoms with Gasteiger partial charge < -0.3 is 29.5 Å².